The van der Waals surface area contributed by atoms with Gasteiger partial charge in [0.05, 0.1) is 0 Å². The molecule has 0 bridgehead atoms. The van der Waals surface area contributed by atoms with Crippen molar-refractivity contribution in [3.8, 4) is 0 Å². The highest BCUT2D eigenvalue weighted by Crippen LogP contribution is 2.32. The van der Waals surface area contributed by atoms with Gasteiger partial charge in [0.15, 0.2) is 0 Å². The number of hydrogen-bond acceptors (Lipinski definition) is 1. The zero-order valence-electron chi connectivity index (χ0n) is 10.3. The van der Waals surface area contributed by atoms with Gasteiger partial charge in [-0.15, -0.1) is 0 Å². The van der Waals surface area contributed by atoms with E-state index < -0.39 is 0 Å². The van der Waals surface area contributed by atoms with E-state index in [2.05, 4.69) is 28.2 Å². The number of hydrogen-bond donors (Lipinski definition) is 1. The topological polar surface area (TPSA) is 29.1 Å². The molecule has 2 atom stereocenters. The number of halogens is 1. The van der Waals surface area contributed by atoms with Crippen molar-refractivity contribution in [2.45, 2.75) is 33.1 Å². The molecule has 2 nitrogen and oxygen atoms in total. The lowest BCUT2D eigenvalue weighted by Crippen LogP contribution is -2.24. The molecule has 92 valence electrons. The molecule has 1 fully saturated rings. The normalized spacial score (nSPS) is 23.7. The average Bonchev–Trinajstić information content (AvgIpc) is 2.70. The van der Waals surface area contributed by atoms with Crippen molar-refractivity contribution in [1.29, 1.82) is 0 Å². The molecular formula is C14H18BrNO. The summed E-state index contributed by atoms with van der Waals surface area (Å²) in [5, 5.41) is 3.05. The van der Waals surface area contributed by atoms with Gasteiger partial charge in [0.25, 0.3) is 0 Å². The summed E-state index contributed by atoms with van der Waals surface area (Å²) in [4.78, 5) is 12.2. The zero-order chi connectivity index (χ0) is 12.4. The summed E-state index contributed by atoms with van der Waals surface area (Å²) in [5.74, 6) is 0.882. The maximum Gasteiger partial charge on any atom is 0.227 e. The second kappa shape index (κ2) is 5.21. The van der Waals surface area contributed by atoms with Crippen LogP contribution in [0.4, 0.5) is 5.69 Å². The molecule has 0 saturated heterocycles. The van der Waals surface area contributed by atoms with Gasteiger partial charge in [0.1, 0.15) is 0 Å². The minimum Gasteiger partial charge on any atom is -0.326 e. The molecule has 0 aromatic heterocycles. The van der Waals surface area contributed by atoms with E-state index in [1.54, 1.807) is 0 Å². The maximum absolute atomic E-state index is 12.2. The summed E-state index contributed by atoms with van der Waals surface area (Å²) in [6, 6.07) is 5.97. The van der Waals surface area contributed by atoms with Gasteiger partial charge in [-0.2, -0.15) is 0 Å². The van der Waals surface area contributed by atoms with Crippen molar-refractivity contribution in [2.24, 2.45) is 11.8 Å². The molecule has 1 aliphatic rings. The number of nitrogens with one attached hydrogen (secondary N) is 1. The molecule has 1 amide bonds. The summed E-state index contributed by atoms with van der Waals surface area (Å²) in [6.45, 7) is 4.19. The van der Waals surface area contributed by atoms with Crippen molar-refractivity contribution in [3.63, 3.8) is 0 Å². The summed E-state index contributed by atoms with van der Waals surface area (Å²) < 4.78 is 0.998. The minimum absolute atomic E-state index is 0.177. The molecule has 2 rings (SSSR count). The molecular weight excluding hydrogens is 278 g/mol. The van der Waals surface area contributed by atoms with Crippen LogP contribution in [0.25, 0.3) is 0 Å². The fraction of sp³-hybridized carbons (Fsp3) is 0.500. The van der Waals surface area contributed by atoms with Crippen LogP contribution in [-0.2, 0) is 4.79 Å². The van der Waals surface area contributed by atoms with E-state index in [0.717, 1.165) is 22.1 Å². The Bertz CT molecular complexity index is 430. The van der Waals surface area contributed by atoms with Gasteiger partial charge in [-0.1, -0.05) is 35.3 Å². The molecule has 2 unspecified atom stereocenters. The summed E-state index contributed by atoms with van der Waals surface area (Å²) in [7, 11) is 0. The monoisotopic (exact) mass is 295 g/mol. The molecule has 0 heterocycles. The van der Waals surface area contributed by atoms with Gasteiger partial charge >= 0.3 is 0 Å². The van der Waals surface area contributed by atoms with Crippen molar-refractivity contribution in [1.82, 2.24) is 0 Å². The Morgan fingerprint density at radius 1 is 1.41 bits per heavy atom. The highest BCUT2D eigenvalue weighted by Gasteiger charge is 2.29. The quantitative estimate of drug-likeness (QED) is 0.873. The van der Waals surface area contributed by atoms with Crippen LogP contribution < -0.4 is 5.32 Å². The maximum atomic E-state index is 12.2. The molecule has 1 aliphatic carbocycles. The first-order valence-corrected chi connectivity index (χ1v) is 6.94. The van der Waals surface area contributed by atoms with E-state index in [4.69, 9.17) is 0 Å². The molecule has 3 heteroatoms. The van der Waals surface area contributed by atoms with Gasteiger partial charge in [0, 0.05) is 16.1 Å². The fourth-order valence-electron chi connectivity index (χ4n) is 2.49. The number of rotatable bonds is 2. The fourth-order valence-corrected chi connectivity index (χ4v) is 2.85. The van der Waals surface area contributed by atoms with Crippen molar-refractivity contribution >= 4 is 27.5 Å². The number of anilines is 1. The molecule has 1 aromatic carbocycles. The first kappa shape index (κ1) is 12.6. The predicted molar refractivity (Wildman–Crippen MR) is 74.0 cm³/mol. The van der Waals surface area contributed by atoms with Gasteiger partial charge < -0.3 is 5.32 Å². The Labute approximate surface area is 111 Å². The van der Waals surface area contributed by atoms with E-state index in [0.29, 0.717) is 5.92 Å². The van der Waals surface area contributed by atoms with Crippen molar-refractivity contribution in [3.05, 3.63) is 28.2 Å². The van der Waals surface area contributed by atoms with Gasteiger partial charge in [0.2, 0.25) is 5.91 Å². The Hall–Kier alpha value is -0.830. The number of carbonyl (C=O) groups excluding carboxylic acids is 1. The number of carbonyl (C=O) groups is 1. The Balaban J connectivity index is 2.10. The van der Waals surface area contributed by atoms with Crippen molar-refractivity contribution < 1.29 is 4.79 Å². The highest BCUT2D eigenvalue weighted by atomic mass is 79.9. The lowest BCUT2D eigenvalue weighted by Gasteiger charge is -2.16. The summed E-state index contributed by atoms with van der Waals surface area (Å²) >= 11 is 3.43. The molecule has 0 aliphatic heterocycles. The number of amides is 1. The lowest BCUT2D eigenvalue weighted by molar-refractivity contribution is -0.120. The predicted octanol–water partition coefficient (Wildman–Crippen LogP) is 4.13. The summed E-state index contributed by atoms with van der Waals surface area (Å²) in [6.07, 6.45) is 3.38. The largest absolute Gasteiger partial charge is 0.326 e. The first-order valence-electron chi connectivity index (χ1n) is 6.15. The smallest absolute Gasteiger partial charge is 0.227 e. The Morgan fingerprint density at radius 2 is 2.18 bits per heavy atom. The van der Waals surface area contributed by atoms with E-state index in [1.807, 2.05) is 25.1 Å². The first-order chi connectivity index (χ1) is 8.08. The van der Waals surface area contributed by atoms with E-state index in [1.165, 1.54) is 12.8 Å². The Kier molecular flexibility index (Phi) is 3.87. The van der Waals surface area contributed by atoms with Crippen molar-refractivity contribution in [2.75, 3.05) is 5.32 Å². The third-order valence-corrected chi connectivity index (χ3v) is 4.15. The van der Waals surface area contributed by atoms with Gasteiger partial charge in [-0.25, -0.2) is 0 Å². The summed E-state index contributed by atoms with van der Waals surface area (Å²) in [5.41, 5.74) is 2.02. The van der Waals surface area contributed by atoms with Gasteiger partial charge in [-0.05, 0) is 43.4 Å². The molecule has 1 saturated carbocycles. The van der Waals surface area contributed by atoms with Crippen LogP contribution in [0.5, 0.6) is 0 Å². The second-order valence-corrected chi connectivity index (χ2v) is 5.88. The third kappa shape index (κ3) is 2.89. The van der Waals surface area contributed by atoms with Gasteiger partial charge in [-0.3, -0.25) is 4.79 Å². The zero-order valence-corrected chi connectivity index (χ0v) is 11.9. The number of aryl methyl sites for hydroxylation is 1. The standard InChI is InChI=1S/C14H18BrNO/c1-9-4-3-5-12(9)14(17)16-13-8-11(15)7-6-10(13)2/h6-9,12H,3-5H2,1-2H3,(H,16,17). The van der Waals surface area contributed by atoms with Crippen LogP contribution in [0, 0.1) is 18.8 Å². The van der Waals surface area contributed by atoms with E-state index in [-0.39, 0.29) is 11.8 Å². The second-order valence-electron chi connectivity index (χ2n) is 4.96. The van der Waals surface area contributed by atoms with E-state index >= 15 is 0 Å². The third-order valence-electron chi connectivity index (χ3n) is 3.66. The molecule has 0 spiro atoms. The number of benzene rings is 1. The van der Waals surface area contributed by atoms with Crippen LogP contribution in [-0.4, -0.2) is 5.91 Å². The van der Waals surface area contributed by atoms with Crippen LogP contribution in [0.15, 0.2) is 22.7 Å². The SMILES string of the molecule is Cc1ccc(Br)cc1NC(=O)C1CCCC1C. The van der Waals surface area contributed by atoms with Crippen LogP contribution in [0.1, 0.15) is 31.7 Å². The Morgan fingerprint density at radius 3 is 2.82 bits per heavy atom. The molecule has 1 N–H and O–H groups in total. The van der Waals surface area contributed by atoms with E-state index in [9.17, 15) is 4.79 Å². The lowest BCUT2D eigenvalue weighted by atomic mass is 9.97. The molecule has 17 heavy (non-hydrogen) atoms. The average molecular weight is 296 g/mol. The highest BCUT2D eigenvalue weighted by molar-refractivity contribution is 9.10. The molecule has 0 radical (unpaired) electrons. The molecule has 1 aromatic rings. The van der Waals surface area contributed by atoms with Crippen LogP contribution in [0.3, 0.4) is 0 Å². The minimum atomic E-state index is 0.177. The van der Waals surface area contributed by atoms with Crippen LogP contribution in [0.2, 0.25) is 0 Å². The van der Waals surface area contributed by atoms with Crippen LogP contribution >= 0.6 is 15.9 Å².